The van der Waals surface area contributed by atoms with E-state index in [0.29, 0.717) is 18.4 Å². The largest absolute Gasteiger partial charge is 0.330 e. The minimum absolute atomic E-state index is 0.0418. The monoisotopic (exact) mass is 296 g/mol. The highest BCUT2D eigenvalue weighted by Gasteiger charge is 2.28. The molecule has 1 aliphatic rings. The predicted molar refractivity (Wildman–Crippen MR) is 73.5 cm³/mol. The Morgan fingerprint density at radius 1 is 1.47 bits per heavy atom. The van der Waals surface area contributed by atoms with Gasteiger partial charge in [-0.2, -0.15) is 0 Å². The molecule has 92 valence electrons. The van der Waals surface area contributed by atoms with E-state index < -0.39 is 0 Å². The van der Waals surface area contributed by atoms with Crippen LogP contribution in [-0.2, 0) is 16.6 Å². The van der Waals surface area contributed by atoms with Crippen LogP contribution in [0.3, 0.4) is 0 Å². The molecule has 1 heterocycles. The maximum absolute atomic E-state index is 11.8. The lowest BCUT2D eigenvalue weighted by Gasteiger charge is -2.24. The summed E-state index contributed by atoms with van der Waals surface area (Å²) in [5.74, 6) is 0.152. The summed E-state index contributed by atoms with van der Waals surface area (Å²) in [6.07, 6.45) is 0.495. The Labute approximate surface area is 110 Å². The van der Waals surface area contributed by atoms with E-state index in [1.54, 1.807) is 4.90 Å². The van der Waals surface area contributed by atoms with E-state index >= 15 is 0 Å². The van der Waals surface area contributed by atoms with Crippen LogP contribution in [0.5, 0.6) is 0 Å². The highest BCUT2D eigenvalue weighted by Crippen LogP contribution is 2.33. The maximum Gasteiger partial charge on any atom is 0.232 e. The number of anilines is 1. The van der Waals surface area contributed by atoms with Crippen molar-refractivity contribution in [1.29, 1.82) is 0 Å². The lowest BCUT2D eigenvalue weighted by molar-refractivity contribution is -0.117. The third-order valence-corrected chi connectivity index (χ3v) is 3.93. The van der Waals surface area contributed by atoms with Gasteiger partial charge in [-0.1, -0.05) is 41.9 Å². The van der Waals surface area contributed by atoms with Crippen LogP contribution in [0.1, 0.15) is 25.0 Å². The van der Waals surface area contributed by atoms with Gasteiger partial charge in [0.05, 0.1) is 11.9 Å². The molecule has 0 spiro atoms. The fourth-order valence-electron chi connectivity index (χ4n) is 2.05. The number of halogens is 1. The number of nitrogens with two attached hydrogens (primary N) is 1. The molecule has 0 saturated carbocycles. The van der Waals surface area contributed by atoms with Gasteiger partial charge >= 0.3 is 0 Å². The molecule has 4 heteroatoms. The molecule has 3 nitrogen and oxygen atoms in total. The fourth-order valence-corrected chi connectivity index (χ4v) is 2.60. The van der Waals surface area contributed by atoms with E-state index in [-0.39, 0.29) is 11.3 Å². The van der Waals surface area contributed by atoms with Gasteiger partial charge in [-0.05, 0) is 17.2 Å². The van der Waals surface area contributed by atoms with E-state index in [0.717, 1.165) is 11.3 Å². The van der Waals surface area contributed by atoms with Crippen LogP contribution in [0.2, 0.25) is 0 Å². The number of carbonyl (C=O) groups is 1. The Morgan fingerprint density at radius 2 is 2.18 bits per heavy atom. The quantitative estimate of drug-likeness (QED) is 0.686. The van der Waals surface area contributed by atoms with Crippen molar-refractivity contribution in [1.82, 2.24) is 0 Å². The Hall–Kier alpha value is -0.870. The van der Waals surface area contributed by atoms with E-state index in [4.69, 9.17) is 5.73 Å². The molecule has 1 amide bonds. The van der Waals surface area contributed by atoms with E-state index in [2.05, 4.69) is 41.9 Å². The Balaban J connectivity index is 2.41. The number of alkyl halides is 1. The summed E-state index contributed by atoms with van der Waals surface area (Å²) in [5.41, 5.74) is 9.61. The third kappa shape index (κ3) is 2.11. The Morgan fingerprint density at radius 3 is 2.76 bits per heavy atom. The van der Waals surface area contributed by atoms with Crippen LogP contribution in [0, 0.1) is 0 Å². The first-order chi connectivity index (χ1) is 7.99. The average molecular weight is 297 g/mol. The van der Waals surface area contributed by atoms with Crippen molar-refractivity contribution in [2.45, 2.75) is 25.7 Å². The molecule has 0 atom stereocenters. The lowest BCUT2D eigenvalue weighted by Crippen LogP contribution is -2.28. The standard InChI is InChI=1S/C13H17BrN2O/c1-13(2,7-15)10-3-4-11-9(5-10)6-12(17)16(11)8-14/h3-5H,6-8,15H2,1-2H3. The van der Waals surface area contributed by atoms with Crippen LogP contribution in [-0.4, -0.2) is 17.9 Å². The van der Waals surface area contributed by atoms with Crippen molar-refractivity contribution in [2.24, 2.45) is 5.73 Å². The first-order valence-electron chi connectivity index (χ1n) is 5.69. The van der Waals surface area contributed by atoms with Gasteiger partial charge in [0.1, 0.15) is 0 Å². The number of hydrogen-bond donors (Lipinski definition) is 1. The molecule has 0 saturated heterocycles. The number of carbonyl (C=O) groups excluding carboxylic acids is 1. The van der Waals surface area contributed by atoms with E-state index in [9.17, 15) is 4.79 Å². The number of rotatable bonds is 3. The predicted octanol–water partition coefficient (Wildman–Crippen LogP) is 2.16. The molecule has 1 aromatic carbocycles. The molecule has 0 unspecified atom stereocenters. The molecule has 0 aliphatic carbocycles. The highest BCUT2D eigenvalue weighted by atomic mass is 79.9. The second-order valence-electron chi connectivity index (χ2n) is 5.05. The van der Waals surface area contributed by atoms with Crippen molar-refractivity contribution in [3.05, 3.63) is 29.3 Å². The van der Waals surface area contributed by atoms with Gasteiger partial charge in [-0.15, -0.1) is 0 Å². The second-order valence-corrected chi connectivity index (χ2v) is 5.55. The molecule has 2 N–H and O–H groups in total. The number of nitrogens with zero attached hydrogens (tertiary/aromatic N) is 1. The molecule has 1 aliphatic heterocycles. The summed E-state index contributed by atoms with van der Waals surface area (Å²) < 4.78 is 0. The zero-order chi connectivity index (χ0) is 12.6. The number of amides is 1. The third-order valence-electron chi connectivity index (χ3n) is 3.42. The van der Waals surface area contributed by atoms with Crippen molar-refractivity contribution in [2.75, 3.05) is 16.9 Å². The molecule has 2 rings (SSSR count). The molecular weight excluding hydrogens is 280 g/mol. The van der Waals surface area contributed by atoms with Gasteiger partial charge in [-0.25, -0.2) is 0 Å². The van der Waals surface area contributed by atoms with Crippen LogP contribution in [0.15, 0.2) is 18.2 Å². The number of benzene rings is 1. The zero-order valence-corrected chi connectivity index (χ0v) is 11.8. The Kier molecular flexibility index (Phi) is 3.27. The fraction of sp³-hybridized carbons (Fsp3) is 0.462. The number of hydrogen-bond acceptors (Lipinski definition) is 2. The molecular formula is C13H17BrN2O. The molecule has 0 bridgehead atoms. The van der Waals surface area contributed by atoms with Crippen molar-refractivity contribution < 1.29 is 4.79 Å². The van der Waals surface area contributed by atoms with Crippen LogP contribution in [0.4, 0.5) is 5.69 Å². The smallest absolute Gasteiger partial charge is 0.232 e. The summed E-state index contributed by atoms with van der Waals surface area (Å²) >= 11 is 3.34. The van der Waals surface area contributed by atoms with E-state index in [1.807, 2.05) is 6.07 Å². The normalized spacial score (nSPS) is 15.3. The SMILES string of the molecule is CC(C)(CN)c1ccc2c(c1)CC(=O)N2CBr. The molecule has 0 radical (unpaired) electrons. The minimum Gasteiger partial charge on any atom is -0.330 e. The van der Waals surface area contributed by atoms with Crippen LogP contribution >= 0.6 is 15.9 Å². The first kappa shape index (κ1) is 12.6. The molecule has 0 fully saturated rings. The Bertz CT molecular complexity index is 457. The zero-order valence-electron chi connectivity index (χ0n) is 10.2. The minimum atomic E-state index is -0.0418. The van der Waals surface area contributed by atoms with E-state index in [1.165, 1.54) is 5.56 Å². The summed E-state index contributed by atoms with van der Waals surface area (Å²) in [5, 5.41) is 0. The maximum atomic E-state index is 11.8. The van der Waals surface area contributed by atoms with Crippen LogP contribution in [0.25, 0.3) is 0 Å². The van der Waals surface area contributed by atoms with Crippen molar-refractivity contribution in [3.63, 3.8) is 0 Å². The average Bonchev–Trinajstić information content (AvgIpc) is 2.63. The summed E-state index contributed by atoms with van der Waals surface area (Å²) in [7, 11) is 0. The number of fused-ring (bicyclic) bond motifs is 1. The second kappa shape index (κ2) is 4.42. The lowest BCUT2D eigenvalue weighted by atomic mass is 9.84. The summed E-state index contributed by atoms with van der Waals surface area (Å²) in [6, 6.07) is 6.21. The summed E-state index contributed by atoms with van der Waals surface area (Å²) in [6.45, 7) is 4.84. The van der Waals surface area contributed by atoms with Gasteiger partial charge in [-0.3, -0.25) is 4.79 Å². The highest BCUT2D eigenvalue weighted by molar-refractivity contribution is 9.09. The first-order valence-corrected chi connectivity index (χ1v) is 6.81. The van der Waals surface area contributed by atoms with Gasteiger partial charge in [0.2, 0.25) is 5.91 Å². The van der Waals surface area contributed by atoms with Gasteiger partial charge in [0, 0.05) is 17.6 Å². The topological polar surface area (TPSA) is 46.3 Å². The van der Waals surface area contributed by atoms with Gasteiger partial charge < -0.3 is 10.6 Å². The van der Waals surface area contributed by atoms with Gasteiger partial charge in [0.25, 0.3) is 0 Å². The van der Waals surface area contributed by atoms with Crippen molar-refractivity contribution >= 4 is 27.5 Å². The van der Waals surface area contributed by atoms with Crippen molar-refractivity contribution in [3.8, 4) is 0 Å². The molecule has 0 aromatic heterocycles. The van der Waals surface area contributed by atoms with Crippen LogP contribution < -0.4 is 10.6 Å². The molecule has 17 heavy (non-hydrogen) atoms. The van der Waals surface area contributed by atoms with Gasteiger partial charge in [0.15, 0.2) is 0 Å². The molecule has 1 aromatic rings. The summed E-state index contributed by atoms with van der Waals surface area (Å²) in [4.78, 5) is 13.5.